The van der Waals surface area contributed by atoms with E-state index < -0.39 is 0 Å². The maximum atomic E-state index is 5.56. The second kappa shape index (κ2) is 8.49. The van der Waals surface area contributed by atoms with Gasteiger partial charge in [0.15, 0.2) is 5.11 Å². The molecule has 122 valence electrons. The van der Waals surface area contributed by atoms with E-state index in [1.54, 1.807) is 0 Å². The Morgan fingerprint density at radius 2 is 1.77 bits per heavy atom. The van der Waals surface area contributed by atoms with E-state index in [4.69, 9.17) is 12.2 Å². The molecule has 4 heteroatoms. The zero-order chi connectivity index (χ0) is 15.9. The number of benzene rings is 1. The van der Waals surface area contributed by atoms with Crippen LogP contribution < -0.4 is 5.32 Å². The van der Waals surface area contributed by atoms with Crippen LogP contribution in [-0.2, 0) is 0 Å². The largest absolute Gasteiger partial charge is 0.346 e. The van der Waals surface area contributed by atoms with Crippen molar-refractivity contribution in [1.82, 2.24) is 9.80 Å². The van der Waals surface area contributed by atoms with Crippen molar-refractivity contribution in [1.29, 1.82) is 0 Å². The molecule has 0 aromatic heterocycles. The first-order valence-corrected chi connectivity index (χ1v) is 8.93. The van der Waals surface area contributed by atoms with Gasteiger partial charge < -0.3 is 10.2 Å². The Bertz CT molecular complexity index is 464. The Labute approximate surface area is 140 Å². The van der Waals surface area contributed by atoms with Crippen molar-refractivity contribution in [3.8, 4) is 0 Å². The molecule has 1 N–H and O–H groups in total. The van der Waals surface area contributed by atoms with E-state index in [9.17, 15) is 0 Å². The summed E-state index contributed by atoms with van der Waals surface area (Å²) in [5.74, 6) is 0.618. The number of rotatable bonds is 5. The first-order chi connectivity index (χ1) is 10.6. The van der Waals surface area contributed by atoms with Crippen LogP contribution in [0.25, 0.3) is 0 Å². The van der Waals surface area contributed by atoms with Crippen LogP contribution >= 0.6 is 12.2 Å². The molecule has 3 nitrogen and oxygen atoms in total. The van der Waals surface area contributed by atoms with E-state index >= 15 is 0 Å². The van der Waals surface area contributed by atoms with Gasteiger partial charge in [-0.05, 0) is 55.2 Å². The lowest BCUT2D eigenvalue weighted by molar-refractivity contribution is 0.184. The number of nitrogens with zero attached hydrogens (tertiary/aromatic N) is 2. The first kappa shape index (κ1) is 17.2. The molecule has 0 radical (unpaired) electrons. The third-order valence-corrected chi connectivity index (χ3v) is 4.90. The molecule has 0 saturated carbocycles. The number of thiocarbonyl (C=S) groups is 1. The molecule has 0 amide bonds. The van der Waals surface area contributed by atoms with E-state index in [0.29, 0.717) is 5.92 Å². The Kier molecular flexibility index (Phi) is 6.65. The second-order valence-electron chi connectivity index (χ2n) is 6.19. The van der Waals surface area contributed by atoms with Crippen molar-refractivity contribution in [2.75, 3.05) is 38.0 Å². The average molecular weight is 320 g/mol. The van der Waals surface area contributed by atoms with Crippen molar-refractivity contribution < 1.29 is 0 Å². The monoisotopic (exact) mass is 319 g/mol. The molecule has 0 bridgehead atoms. The van der Waals surface area contributed by atoms with Gasteiger partial charge in [0.05, 0.1) is 0 Å². The molecule has 1 heterocycles. The molecule has 1 aromatic rings. The summed E-state index contributed by atoms with van der Waals surface area (Å²) in [5, 5.41) is 4.24. The molecule has 1 aliphatic rings. The summed E-state index contributed by atoms with van der Waals surface area (Å²) in [6.45, 7) is 12.2. The quantitative estimate of drug-likeness (QED) is 0.829. The van der Waals surface area contributed by atoms with Gasteiger partial charge in [-0.15, -0.1) is 0 Å². The number of hydrogen-bond acceptors (Lipinski definition) is 2. The van der Waals surface area contributed by atoms with Gasteiger partial charge in [-0.1, -0.05) is 32.9 Å². The summed E-state index contributed by atoms with van der Waals surface area (Å²) in [7, 11) is 0. The summed E-state index contributed by atoms with van der Waals surface area (Å²) in [4.78, 5) is 4.80. The summed E-state index contributed by atoms with van der Waals surface area (Å²) in [6, 6.07) is 8.69. The van der Waals surface area contributed by atoms with Crippen LogP contribution in [0.4, 0.5) is 5.69 Å². The lowest BCUT2D eigenvalue weighted by Gasteiger charge is -2.36. The number of anilines is 1. The third-order valence-electron chi connectivity index (χ3n) is 4.54. The van der Waals surface area contributed by atoms with Crippen LogP contribution in [0, 0.1) is 0 Å². The van der Waals surface area contributed by atoms with E-state index in [1.165, 1.54) is 24.9 Å². The molecule has 22 heavy (non-hydrogen) atoms. The Hall–Kier alpha value is -1.13. The van der Waals surface area contributed by atoms with Crippen molar-refractivity contribution in [3.05, 3.63) is 29.8 Å². The molecule has 1 aliphatic heterocycles. The fraction of sp³-hybridized carbons (Fsp3) is 0.611. The van der Waals surface area contributed by atoms with Crippen LogP contribution in [0.2, 0.25) is 0 Å². The summed E-state index contributed by atoms with van der Waals surface area (Å²) in [5.41, 5.74) is 2.49. The smallest absolute Gasteiger partial charge is 0.173 e. The van der Waals surface area contributed by atoms with Gasteiger partial charge >= 0.3 is 0 Å². The van der Waals surface area contributed by atoms with Crippen LogP contribution in [0.5, 0.6) is 0 Å². The van der Waals surface area contributed by atoms with Crippen LogP contribution in [0.1, 0.15) is 45.1 Å². The molecular weight excluding hydrogens is 290 g/mol. The minimum atomic E-state index is 0.618. The predicted octanol–water partition coefficient (Wildman–Crippen LogP) is 3.92. The molecule has 1 aromatic carbocycles. The highest BCUT2D eigenvalue weighted by atomic mass is 32.1. The fourth-order valence-electron chi connectivity index (χ4n) is 2.82. The summed E-state index contributed by atoms with van der Waals surface area (Å²) >= 11 is 5.56. The molecule has 1 fully saturated rings. The SMILES string of the molecule is CCCN1CCN(C(=S)Nc2ccc([C@H](C)CC)cc2)CC1. The first-order valence-electron chi connectivity index (χ1n) is 8.52. The highest BCUT2D eigenvalue weighted by Gasteiger charge is 2.18. The van der Waals surface area contributed by atoms with Crippen LogP contribution in [0.15, 0.2) is 24.3 Å². The van der Waals surface area contributed by atoms with E-state index in [0.717, 1.165) is 37.0 Å². The molecule has 1 saturated heterocycles. The average Bonchev–Trinajstić information content (AvgIpc) is 2.55. The van der Waals surface area contributed by atoms with Crippen LogP contribution in [0.3, 0.4) is 0 Å². The van der Waals surface area contributed by atoms with E-state index in [-0.39, 0.29) is 0 Å². The van der Waals surface area contributed by atoms with Gasteiger partial charge in [0.1, 0.15) is 0 Å². The summed E-state index contributed by atoms with van der Waals surface area (Å²) < 4.78 is 0. The maximum Gasteiger partial charge on any atom is 0.173 e. The van der Waals surface area contributed by atoms with Gasteiger partial charge in [0.25, 0.3) is 0 Å². The molecule has 1 atom stereocenters. The normalized spacial score (nSPS) is 17.3. The molecular formula is C18H29N3S. The predicted molar refractivity (Wildman–Crippen MR) is 99.7 cm³/mol. The van der Waals surface area contributed by atoms with Gasteiger partial charge in [0.2, 0.25) is 0 Å². The van der Waals surface area contributed by atoms with Crippen molar-refractivity contribution in [2.24, 2.45) is 0 Å². The van der Waals surface area contributed by atoms with Gasteiger partial charge in [-0.2, -0.15) is 0 Å². The van der Waals surface area contributed by atoms with Gasteiger partial charge in [-0.25, -0.2) is 0 Å². The Morgan fingerprint density at radius 1 is 1.14 bits per heavy atom. The zero-order valence-electron chi connectivity index (χ0n) is 14.1. The zero-order valence-corrected chi connectivity index (χ0v) is 15.0. The standard InChI is InChI=1S/C18H29N3S/c1-4-10-20-11-13-21(14-12-20)18(22)19-17-8-6-16(7-9-17)15(3)5-2/h6-9,15H,4-5,10-14H2,1-3H3,(H,19,22)/t15-/m1/s1. The molecule has 0 aliphatic carbocycles. The molecule has 0 spiro atoms. The van der Waals surface area contributed by atoms with E-state index in [2.05, 4.69) is 60.2 Å². The highest BCUT2D eigenvalue weighted by Crippen LogP contribution is 2.20. The number of piperazine rings is 1. The highest BCUT2D eigenvalue weighted by molar-refractivity contribution is 7.80. The number of hydrogen-bond donors (Lipinski definition) is 1. The third kappa shape index (κ3) is 4.68. The van der Waals surface area contributed by atoms with Crippen molar-refractivity contribution >= 4 is 23.0 Å². The number of nitrogens with one attached hydrogen (secondary N) is 1. The Balaban J connectivity index is 1.84. The lowest BCUT2D eigenvalue weighted by Crippen LogP contribution is -2.49. The molecule has 0 unspecified atom stereocenters. The molecule has 2 rings (SSSR count). The lowest BCUT2D eigenvalue weighted by atomic mass is 9.99. The fourth-order valence-corrected chi connectivity index (χ4v) is 3.12. The van der Waals surface area contributed by atoms with Gasteiger partial charge in [-0.3, -0.25) is 4.90 Å². The summed E-state index contributed by atoms with van der Waals surface area (Å²) in [6.07, 6.45) is 2.40. The minimum absolute atomic E-state index is 0.618. The minimum Gasteiger partial charge on any atom is -0.346 e. The topological polar surface area (TPSA) is 18.5 Å². The Morgan fingerprint density at radius 3 is 2.32 bits per heavy atom. The van der Waals surface area contributed by atoms with Crippen LogP contribution in [-0.4, -0.2) is 47.6 Å². The van der Waals surface area contributed by atoms with Gasteiger partial charge in [0, 0.05) is 31.9 Å². The second-order valence-corrected chi connectivity index (χ2v) is 6.58. The van der Waals surface area contributed by atoms with Crippen molar-refractivity contribution in [3.63, 3.8) is 0 Å². The van der Waals surface area contributed by atoms with E-state index in [1.807, 2.05) is 0 Å². The van der Waals surface area contributed by atoms with Crippen molar-refractivity contribution in [2.45, 2.75) is 39.5 Å². The maximum absolute atomic E-state index is 5.56.